The molecule has 3 heterocycles. The van der Waals surface area contributed by atoms with E-state index in [2.05, 4.69) is 9.97 Å². The maximum Gasteiger partial charge on any atom is 0.433 e. The third-order valence-corrected chi connectivity index (χ3v) is 5.71. The number of aliphatic carboxylic acids is 1. The number of hydrogen-bond donors (Lipinski definition) is 1. The van der Waals surface area contributed by atoms with Crippen LogP contribution in [-0.4, -0.2) is 53.1 Å². The minimum atomic E-state index is -4.72. The van der Waals surface area contributed by atoms with Gasteiger partial charge in [0.25, 0.3) is 6.43 Å². The highest BCUT2D eigenvalue weighted by atomic mass is 19.4. The average Bonchev–Trinajstić information content (AvgIpc) is 2.96. The molecule has 0 amide bonds. The number of carboxylic acids is 1. The minimum Gasteiger partial charge on any atom is -0.481 e. The van der Waals surface area contributed by atoms with Gasteiger partial charge in [-0.05, 0) is 24.2 Å². The molecule has 1 aliphatic carbocycles. The second-order valence-electron chi connectivity index (χ2n) is 7.29. The minimum absolute atomic E-state index is 0.0424. The Morgan fingerprint density at radius 2 is 1.93 bits per heavy atom. The molecule has 1 saturated carbocycles. The number of alkyl halides is 5. The monoisotopic (exact) mass is 392 g/mol. The molecule has 3 aliphatic rings. The first-order chi connectivity index (χ1) is 12.6. The lowest BCUT2D eigenvalue weighted by Crippen LogP contribution is -2.53. The summed E-state index contributed by atoms with van der Waals surface area (Å²) in [4.78, 5) is 21.2. The van der Waals surface area contributed by atoms with Gasteiger partial charge in [-0.25, -0.2) is 13.8 Å². The zero-order valence-corrected chi connectivity index (χ0v) is 14.0. The molecule has 1 aromatic heterocycles. The Hall–Kier alpha value is -2.20. The molecule has 0 radical (unpaired) electrons. The van der Waals surface area contributed by atoms with Crippen molar-refractivity contribution in [3.63, 3.8) is 0 Å². The zero-order valence-electron chi connectivity index (χ0n) is 14.0. The van der Waals surface area contributed by atoms with E-state index in [9.17, 15) is 26.7 Å². The number of rotatable bonds is 5. The van der Waals surface area contributed by atoms with Crippen molar-refractivity contribution >= 4 is 17.7 Å². The Labute approximate surface area is 151 Å². The lowest BCUT2D eigenvalue weighted by atomic mass is 10.1. The van der Waals surface area contributed by atoms with E-state index in [1.165, 1.54) is 0 Å². The van der Waals surface area contributed by atoms with Crippen LogP contribution in [0.15, 0.2) is 6.07 Å². The van der Waals surface area contributed by atoms with Crippen molar-refractivity contribution in [3.05, 3.63) is 11.8 Å². The predicted molar refractivity (Wildman–Crippen MR) is 83.7 cm³/mol. The summed E-state index contributed by atoms with van der Waals surface area (Å²) < 4.78 is 65.6. The fourth-order valence-corrected chi connectivity index (χ4v) is 4.12. The predicted octanol–water partition coefficient (Wildman–Crippen LogP) is 2.50. The molecule has 4 atom stereocenters. The highest BCUT2D eigenvalue weighted by molar-refractivity contribution is 5.68. The Balaban J connectivity index is 1.57. The molecule has 0 aromatic carbocycles. The highest BCUT2D eigenvalue weighted by Gasteiger charge is 2.56. The van der Waals surface area contributed by atoms with Crippen molar-refractivity contribution < 1.29 is 31.9 Å². The summed E-state index contributed by atoms with van der Waals surface area (Å²) in [6, 6.07) is -0.342. The van der Waals surface area contributed by atoms with Gasteiger partial charge in [0.1, 0.15) is 5.82 Å². The van der Waals surface area contributed by atoms with Gasteiger partial charge < -0.3 is 14.9 Å². The molecule has 27 heavy (non-hydrogen) atoms. The normalized spacial score (nSPS) is 29.7. The SMILES string of the molecule is O=C(O)CC1[C@H]2CN(c3cc(C(F)(F)F)nc(N4CC[C@@H]4C(F)F)n3)C[C@@H]12. The summed E-state index contributed by atoms with van der Waals surface area (Å²) >= 11 is 0. The van der Waals surface area contributed by atoms with Crippen LogP contribution < -0.4 is 9.80 Å². The average molecular weight is 392 g/mol. The van der Waals surface area contributed by atoms with E-state index >= 15 is 0 Å². The van der Waals surface area contributed by atoms with Crippen LogP contribution in [0.25, 0.3) is 0 Å². The number of carbonyl (C=O) groups is 1. The smallest absolute Gasteiger partial charge is 0.433 e. The van der Waals surface area contributed by atoms with Gasteiger partial charge in [0.05, 0.1) is 6.04 Å². The molecular formula is C16H17F5N4O2. The summed E-state index contributed by atoms with van der Waals surface area (Å²) in [5, 5.41) is 8.86. The van der Waals surface area contributed by atoms with Gasteiger partial charge in [0.2, 0.25) is 5.95 Å². The standard InChI is InChI=1S/C16H17F5N4O2/c17-14(18)10-1-2-25(10)15-22-11(16(19,20)21)4-12(23-15)24-5-8-7(3-13(26)27)9(8)6-24/h4,7-10,14H,1-3,5-6H2,(H,26,27)/t7?,8-,9+,10-/m1/s1. The summed E-state index contributed by atoms with van der Waals surface area (Å²) in [5.41, 5.74) is -1.16. The number of anilines is 2. The van der Waals surface area contributed by atoms with Crippen molar-refractivity contribution in [1.29, 1.82) is 0 Å². The fourth-order valence-electron chi connectivity index (χ4n) is 4.12. The molecule has 0 bridgehead atoms. The maximum absolute atomic E-state index is 13.2. The van der Waals surface area contributed by atoms with E-state index in [4.69, 9.17) is 5.11 Å². The van der Waals surface area contributed by atoms with Crippen molar-refractivity contribution in [2.45, 2.75) is 31.5 Å². The molecule has 148 valence electrons. The second kappa shape index (κ2) is 6.16. The molecule has 1 aromatic rings. The van der Waals surface area contributed by atoms with E-state index < -0.39 is 30.3 Å². The van der Waals surface area contributed by atoms with Crippen LogP contribution in [0.4, 0.5) is 33.7 Å². The zero-order chi connectivity index (χ0) is 19.5. The van der Waals surface area contributed by atoms with Crippen molar-refractivity contribution in [2.24, 2.45) is 17.8 Å². The molecule has 2 saturated heterocycles. The van der Waals surface area contributed by atoms with Gasteiger partial charge in [-0.15, -0.1) is 0 Å². The van der Waals surface area contributed by atoms with Crippen LogP contribution in [-0.2, 0) is 11.0 Å². The lowest BCUT2D eigenvalue weighted by Gasteiger charge is -2.40. The Morgan fingerprint density at radius 3 is 2.41 bits per heavy atom. The van der Waals surface area contributed by atoms with Gasteiger partial charge in [0, 0.05) is 32.1 Å². The van der Waals surface area contributed by atoms with E-state index in [0.29, 0.717) is 13.1 Å². The largest absolute Gasteiger partial charge is 0.481 e. The van der Waals surface area contributed by atoms with Gasteiger partial charge in [-0.2, -0.15) is 18.2 Å². The Bertz CT molecular complexity index is 747. The second-order valence-corrected chi connectivity index (χ2v) is 7.29. The molecule has 4 rings (SSSR count). The molecule has 1 unspecified atom stereocenters. The molecule has 0 spiro atoms. The van der Waals surface area contributed by atoms with E-state index in [-0.39, 0.29) is 48.9 Å². The van der Waals surface area contributed by atoms with Crippen molar-refractivity contribution in [3.8, 4) is 0 Å². The number of nitrogens with zero attached hydrogens (tertiary/aromatic N) is 4. The Kier molecular flexibility index (Phi) is 4.15. The van der Waals surface area contributed by atoms with Crippen molar-refractivity contribution in [1.82, 2.24) is 9.97 Å². The maximum atomic E-state index is 13.2. The molecule has 3 fully saturated rings. The highest BCUT2D eigenvalue weighted by Crippen LogP contribution is 2.54. The number of aromatic nitrogens is 2. The number of fused-ring (bicyclic) bond motifs is 1. The molecular weight excluding hydrogens is 375 g/mol. The van der Waals surface area contributed by atoms with E-state index in [1.807, 2.05) is 0 Å². The third-order valence-electron chi connectivity index (χ3n) is 5.71. The van der Waals surface area contributed by atoms with Gasteiger partial charge >= 0.3 is 12.1 Å². The Morgan fingerprint density at radius 1 is 1.26 bits per heavy atom. The summed E-state index contributed by atoms with van der Waals surface area (Å²) in [6.45, 7) is 1.00. The fraction of sp³-hybridized carbons (Fsp3) is 0.688. The first kappa shape index (κ1) is 18.2. The molecule has 1 N–H and O–H groups in total. The first-order valence-electron chi connectivity index (χ1n) is 8.63. The van der Waals surface area contributed by atoms with E-state index in [0.717, 1.165) is 11.0 Å². The van der Waals surface area contributed by atoms with Crippen LogP contribution >= 0.6 is 0 Å². The van der Waals surface area contributed by atoms with Crippen LogP contribution in [0.2, 0.25) is 0 Å². The van der Waals surface area contributed by atoms with Crippen molar-refractivity contribution in [2.75, 3.05) is 29.4 Å². The lowest BCUT2D eigenvalue weighted by molar-refractivity contribution is -0.141. The van der Waals surface area contributed by atoms with Crippen LogP contribution in [0.1, 0.15) is 18.5 Å². The number of carboxylic acid groups (broad SMARTS) is 1. The topological polar surface area (TPSA) is 69.6 Å². The third kappa shape index (κ3) is 3.27. The number of hydrogen-bond acceptors (Lipinski definition) is 5. The van der Waals surface area contributed by atoms with Crippen LogP contribution in [0, 0.1) is 17.8 Å². The quantitative estimate of drug-likeness (QED) is 0.777. The summed E-state index contributed by atoms with van der Waals surface area (Å²) in [5.74, 6) is -0.896. The van der Waals surface area contributed by atoms with Crippen LogP contribution in [0.3, 0.4) is 0 Å². The molecule has 2 aliphatic heterocycles. The van der Waals surface area contributed by atoms with E-state index in [1.54, 1.807) is 4.90 Å². The van der Waals surface area contributed by atoms with Gasteiger partial charge in [-0.1, -0.05) is 0 Å². The first-order valence-corrected chi connectivity index (χ1v) is 8.63. The van der Waals surface area contributed by atoms with Crippen LogP contribution in [0.5, 0.6) is 0 Å². The summed E-state index contributed by atoms with van der Waals surface area (Å²) in [6.07, 6.45) is -7.17. The number of halogens is 5. The molecule has 6 nitrogen and oxygen atoms in total. The summed E-state index contributed by atoms with van der Waals surface area (Å²) in [7, 11) is 0. The molecule has 11 heteroatoms. The van der Waals surface area contributed by atoms with Gasteiger partial charge in [-0.3, -0.25) is 4.79 Å². The number of piperidine rings is 1. The van der Waals surface area contributed by atoms with Gasteiger partial charge in [0.15, 0.2) is 5.69 Å².